The van der Waals surface area contributed by atoms with Gasteiger partial charge in [-0.15, -0.1) is 11.3 Å². The van der Waals surface area contributed by atoms with E-state index in [2.05, 4.69) is 29.8 Å². The van der Waals surface area contributed by atoms with Crippen molar-refractivity contribution < 1.29 is 4.74 Å². The van der Waals surface area contributed by atoms with Gasteiger partial charge in [0.2, 0.25) is 0 Å². The number of ether oxygens (including phenoxy) is 1. The molecule has 2 nitrogen and oxygen atoms in total. The van der Waals surface area contributed by atoms with Gasteiger partial charge in [0.25, 0.3) is 0 Å². The van der Waals surface area contributed by atoms with Crippen molar-refractivity contribution in [2.45, 2.75) is 44.6 Å². The van der Waals surface area contributed by atoms with Gasteiger partial charge in [-0.05, 0) is 50.8 Å². The standard InChI is InChI=1S/C15H23NOS/c1-16-15(12-7-8-17-10-12)14-9-11-5-3-2-4-6-13(11)18-14/h9,12,15-16H,2-8,10H2,1H3. The second-order valence-electron chi connectivity index (χ2n) is 5.55. The average molecular weight is 265 g/mol. The summed E-state index contributed by atoms with van der Waals surface area (Å²) in [7, 11) is 2.09. The predicted octanol–water partition coefficient (Wildman–Crippen LogP) is 3.31. The fourth-order valence-corrected chi connectivity index (χ4v) is 4.73. The summed E-state index contributed by atoms with van der Waals surface area (Å²) in [6.07, 6.45) is 7.96. The molecule has 1 aliphatic carbocycles. The van der Waals surface area contributed by atoms with Crippen LogP contribution in [0.5, 0.6) is 0 Å². The number of hydrogen-bond donors (Lipinski definition) is 1. The molecule has 1 fully saturated rings. The zero-order valence-electron chi connectivity index (χ0n) is 11.2. The lowest BCUT2D eigenvalue weighted by atomic mass is 9.97. The fourth-order valence-electron chi connectivity index (χ4n) is 3.27. The highest BCUT2D eigenvalue weighted by molar-refractivity contribution is 7.12. The second-order valence-corrected chi connectivity index (χ2v) is 6.72. The summed E-state index contributed by atoms with van der Waals surface area (Å²) in [6, 6.07) is 2.98. The van der Waals surface area contributed by atoms with E-state index in [1.807, 2.05) is 0 Å². The second kappa shape index (κ2) is 5.72. The van der Waals surface area contributed by atoms with E-state index in [1.165, 1.54) is 38.5 Å². The lowest BCUT2D eigenvalue weighted by molar-refractivity contribution is 0.178. The zero-order chi connectivity index (χ0) is 12.4. The number of thiophene rings is 1. The van der Waals surface area contributed by atoms with Gasteiger partial charge in [-0.2, -0.15) is 0 Å². The van der Waals surface area contributed by atoms with Gasteiger partial charge in [-0.25, -0.2) is 0 Å². The summed E-state index contributed by atoms with van der Waals surface area (Å²) in [5, 5.41) is 3.52. The number of rotatable bonds is 3. The van der Waals surface area contributed by atoms with Crippen LogP contribution in [-0.2, 0) is 17.6 Å². The maximum atomic E-state index is 5.55. The van der Waals surface area contributed by atoms with Crippen LogP contribution < -0.4 is 5.32 Å². The quantitative estimate of drug-likeness (QED) is 0.847. The number of nitrogens with one attached hydrogen (secondary N) is 1. The highest BCUT2D eigenvalue weighted by atomic mass is 32.1. The van der Waals surface area contributed by atoms with Crippen LogP contribution in [0.3, 0.4) is 0 Å². The van der Waals surface area contributed by atoms with Gasteiger partial charge >= 0.3 is 0 Å². The first-order valence-electron chi connectivity index (χ1n) is 7.25. The average Bonchev–Trinajstić information content (AvgIpc) is 2.98. The molecule has 2 heterocycles. The van der Waals surface area contributed by atoms with Crippen molar-refractivity contribution in [2.75, 3.05) is 20.3 Å². The molecule has 0 bridgehead atoms. The van der Waals surface area contributed by atoms with Crippen molar-refractivity contribution in [2.24, 2.45) is 5.92 Å². The Morgan fingerprint density at radius 2 is 2.22 bits per heavy atom. The van der Waals surface area contributed by atoms with E-state index in [0.29, 0.717) is 12.0 Å². The fraction of sp³-hybridized carbons (Fsp3) is 0.733. The Balaban J connectivity index is 1.81. The summed E-state index contributed by atoms with van der Waals surface area (Å²) in [6.45, 7) is 1.86. The number of hydrogen-bond acceptors (Lipinski definition) is 3. The van der Waals surface area contributed by atoms with E-state index in [9.17, 15) is 0 Å². The SMILES string of the molecule is CNC(c1cc2c(s1)CCCCC2)C1CCOC1. The van der Waals surface area contributed by atoms with Gasteiger partial charge in [-0.3, -0.25) is 0 Å². The molecule has 0 spiro atoms. The molecule has 2 aliphatic rings. The van der Waals surface area contributed by atoms with Crippen molar-refractivity contribution in [3.63, 3.8) is 0 Å². The van der Waals surface area contributed by atoms with Crippen molar-refractivity contribution >= 4 is 11.3 Å². The van der Waals surface area contributed by atoms with Crippen LogP contribution in [-0.4, -0.2) is 20.3 Å². The zero-order valence-corrected chi connectivity index (χ0v) is 12.0. The molecule has 0 saturated carbocycles. The van der Waals surface area contributed by atoms with Crippen LogP contribution in [0.2, 0.25) is 0 Å². The summed E-state index contributed by atoms with van der Waals surface area (Å²) >= 11 is 2.05. The van der Waals surface area contributed by atoms with Gasteiger partial charge < -0.3 is 10.1 Å². The highest BCUT2D eigenvalue weighted by Gasteiger charge is 2.28. The number of aryl methyl sites for hydroxylation is 2. The molecule has 0 aromatic carbocycles. The van der Waals surface area contributed by atoms with Crippen LogP contribution in [0, 0.1) is 5.92 Å². The van der Waals surface area contributed by atoms with Crippen molar-refractivity contribution in [3.05, 3.63) is 21.4 Å². The predicted molar refractivity (Wildman–Crippen MR) is 76.3 cm³/mol. The van der Waals surface area contributed by atoms with Gasteiger partial charge in [-0.1, -0.05) is 6.42 Å². The molecule has 100 valence electrons. The third kappa shape index (κ3) is 2.49. The van der Waals surface area contributed by atoms with Gasteiger partial charge in [0.1, 0.15) is 0 Å². The summed E-state index contributed by atoms with van der Waals surface area (Å²) in [5.41, 5.74) is 1.63. The van der Waals surface area contributed by atoms with Crippen LogP contribution in [0.4, 0.5) is 0 Å². The largest absolute Gasteiger partial charge is 0.381 e. The molecule has 1 aliphatic heterocycles. The Morgan fingerprint density at radius 1 is 1.33 bits per heavy atom. The summed E-state index contributed by atoms with van der Waals surface area (Å²) in [5.74, 6) is 0.664. The molecule has 1 aromatic rings. The van der Waals surface area contributed by atoms with E-state index in [4.69, 9.17) is 4.74 Å². The van der Waals surface area contributed by atoms with Gasteiger partial charge in [0.15, 0.2) is 0 Å². The van der Waals surface area contributed by atoms with Crippen LogP contribution in [0.15, 0.2) is 6.07 Å². The first-order chi connectivity index (χ1) is 8.88. The van der Waals surface area contributed by atoms with Crippen molar-refractivity contribution in [1.82, 2.24) is 5.32 Å². The Morgan fingerprint density at radius 3 is 3.00 bits per heavy atom. The lowest BCUT2D eigenvalue weighted by Gasteiger charge is -2.20. The minimum Gasteiger partial charge on any atom is -0.381 e. The van der Waals surface area contributed by atoms with Crippen LogP contribution in [0.1, 0.15) is 47.0 Å². The Bertz CT molecular complexity index is 372. The molecule has 1 N–H and O–H groups in total. The smallest absolute Gasteiger partial charge is 0.0513 e. The molecule has 3 heteroatoms. The molecular formula is C15H23NOS. The maximum absolute atomic E-state index is 5.55. The topological polar surface area (TPSA) is 21.3 Å². The molecular weight excluding hydrogens is 242 g/mol. The van der Waals surface area contributed by atoms with Gasteiger partial charge in [0, 0.05) is 28.3 Å². The van der Waals surface area contributed by atoms with E-state index in [0.717, 1.165) is 13.2 Å². The molecule has 1 saturated heterocycles. The Labute approximate surface area is 114 Å². The molecule has 2 unspecified atom stereocenters. The summed E-state index contributed by atoms with van der Waals surface area (Å²) in [4.78, 5) is 3.20. The third-order valence-corrected chi connectivity index (χ3v) is 5.64. The van der Waals surface area contributed by atoms with E-state index in [-0.39, 0.29) is 0 Å². The molecule has 18 heavy (non-hydrogen) atoms. The molecule has 1 aromatic heterocycles. The molecule has 0 radical (unpaired) electrons. The van der Waals surface area contributed by atoms with Gasteiger partial charge in [0.05, 0.1) is 6.61 Å². The molecule has 2 atom stereocenters. The molecule has 0 amide bonds. The minimum atomic E-state index is 0.504. The number of fused-ring (bicyclic) bond motifs is 1. The van der Waals surface area contributed by atoms with E-state index >= 15 is 0 Å². The lowest BCUT2D eigenvalue weighted by Crippen LogP contribution is -2.24. The monoisotopic (exact) mass is 265 g/mol. The van der Waals surface area contributed by atoms with Crippen molar-refractivity contribution in [1.29, 1.82) is 0 Å². The van der Waals surface area contributed by atoms with Crippen LogP contribution >= 0.6 is 11.3 Å². The normalized spacial score (nSPS) is 25.7. The highest BCUT2D eigenvalue weighted by Crippen LogP contribution is 2.36. The Hall–Kier alpha value is -0.380. The first-order valence-corrected chi connectivity index (χ1v) is 8.06. The maximum Gasteiger partial charge on any atom is 0.0513 e. The minimum absolute atomic E-state index is 0.504. The van der Waals surface area contributed by atoms with Crippen molar-refractivity contribution in [3.8, 4) is 0 Å². The third-order valence-electron chi connectivity index (χ3n) is 4.32. The van der Waals surface area contributed by atoms with E-state index < -0.39 is 0 Å². The molecule has 3 rings (SSSR count). The van der Waals surface area contributed by atoms with Crippen LogP contribution in [0.25, 0.3) is 0 Å². The van der Waals surface area contributed by atoms with E-state index in [1.54, 1.807) is 15.3 Å². The Kier molecular flexibility index (Phi) is 4.02. The first kappa shape index (κ1) is 12.6. The summed E-state index contributed by atoms with van der Waals surface area (Å²) < 4.78 is 5.55.